The number of nitrogens with one attached hydrogen (secondary N) is 1. The van der Waals surface area contributed by atoms with Crippen molar-refractivity contribution >= 4 is 30.0 Å². The fraction of sp³-hybridized carbons (Fsp3) is 0.278. The molecular formula is C18H21N3OS. The summed E-state index contributed by atoms with van der Waals surface area (Å²) in [7, 11) is 0. The molecule has 0 bridgehead atoms. The summed E-state index contributed by atoms with van der Waals surface area (Å²) in [5.74, 6) is 0. The van der Waals surface area contributed by atoms with Gasteiger partial charge in [0.15, 0.2) is 0 Å². The molecule has 1 N–H and O–H groups in total. The van der Waals surface area contributed by atoms with Gasteiger partial charge in [0.1, 0.15) is 0 Å². The molecule has 2 aromatic carbocycles. The van der Waals surface area contributed by atoms with E-state index in [0.29, 0.717) is 13.1 Å². The average Bonchev–Trinajstić information content (AvgIpc) is 2.57. The van der Waals surface area contributed by atoms with E-state index in [-0.39, 0.29) is 6.03 Å². The van der Waals surface area contributed by atoms with E-state index >= 15 is 0 Å². The summed E-state index contributed by atoms with van der Waals surface area (Å²) in [5, 5.41) is 2.94. The van der Waals surface area contributed by atoms with Crippen LogP contribution >= 0.6 is 12.6 Å². The molecule has 0 atom stereocenters. The van der Waals surface area contributed by atoms with Gasteiger partial charge in [-0.25, -0.2) is 4.79 Å². The smallest absolute Gasteiger partial charge is 0.321 e. The Balaban J connectivity index is 1.58. The highest BCUT2D eigenvalue weighted by Crippen LogP contribution is 2.21. The highest BCUT2D eigenvalue weighted by molar-refractivity contribution is 7.80. The van der Waals surface area contributed by atoms with E-state index in [0.717, 1.165) is 23.7 Å². The van der Waals surface area contributed by atoms with Gasteiger partial charge in [0, 0.05) is 36.8 Å². The van der Waals surface area contributed by atoms with Crippen molar-refractivity contribution < 1.29 is 4.79 Å². The second-order valence-corrected chi connectivity index (χ2v) is 6.24. The molecular weight excluding hydrogens is 306 g/mol. The topological polar surface area (TPSA) is 35.6 Å². The van der Waals surface area contributed by atoms with Crippen molar-refractivity contribution in [1.82, 2.24) is 4.90 Å². The predicted octanol–water partition coefficient (Wildman–Crippen LogP) is 3.64. The molecule has 0 radical (unpaired) electrons. The van der Waals surface area contributed by atoms with E-state index in [4.69, 9.17) is 0 Å². The Bertz CT molecular complexity index is 696. The summed E-state index contributed by atoms with van der Waals surface area (Å²) in [5.41, 5.74) is 3.24. The van der Waals surface area contributed by atoms with Crippen molar-refractivity contribution in [1.29, 1.82) is 0 Å². The molecule has 2 aromatic rings. The standard InChI is InChI=1S/C18H21N3OS/c1-14-5-4-6-15(13-14)20-9-11-21(12-10-20)18(22)19-16-7-2-3-8-17(16)23/h2-8,13,23H,9-12H2,1H3,(H,19,22). The predicted molar refractivity (Wildman–Crippen MR) is 97.7 cm³/mol. The Kier molecular flexibility index (Phi) is 4.76. The van der Waals surface area contributed by atoms with Gasteiger partial charge in [-0.2, -0.15) is 0 Å². The lowest BCUT2D eigenvalue weighted by atomic mass is 10.2. The number of anilines is 2. The van der Waals surface area contributed by atoms with Gasteiger partial charge in [-0.15, -0.1) is 12.6 Å². The van der Waals surface area contributed by atoms with Gasteiger partial charge >= 0.3 is 6.03 Å². The fourth-order valence-corrected chi connectivity index (χ4v) is 2.98. The molecule has 120 valence electrons. The highest BCUT2D eigenvalue weighted by Gasteiger charge is 2.21. The minimum absolute atomic E-state index is 0.0598. The third-order valence-electron chi connectivity index (χ3n) is 4.08. The second-order valence-electron chi connectivity index (χ2n) is 5.76. The number of carbonyl (C=O) groups is 1. The molecule has 1 heterocycles. The van der Waals surface area contributed by atoms with E-state index in [2.05, 4.69) is 54.0 Å². The zero-order valence-electron chi connectivity index (χ0n) is 13.2. The van der Waals surface area contributed by atoms with Gasteiger partial charge in [-0.05, 0) is 36.8 Å². The van der Waals surface area contributed by atoms with Gasteiger partial charge in [0.2, 0.25) is 0 Å². The summed E-state index contributed by atoms with van der Waals surface area (Å²) in [4.78, 5) is 17.3. The van der Waals surface area contributed by atoms with Gasteiger partial charge < -0.3 is 15.1 Å². The number of thiol groups is 1. The van der Waals surface area contributed by atoms with E-state index in [1.54, 1.807) is 0 Å². The molecule has 0 spiro atoms. The molecule has 0 saturated carbocycles. The van der Waals surface area contributed by atoms with Crippen LogP contribution in [0.3, 0.4) is 0 Å². The Morgan fingerprint density at radius 3 is 2.48 bits per heavy atom. The third-order valence-corrected chi connectivity index (χ3v) is 4.47. The average molecular weight is 327 g/mol. The number of aryl methyl sites for hydroxylation is 1. The van der Waals surface area contributed by atoms with E-state index in [9.17, 15) is 4.79 Å². The molecule has 0 aromatic heterocycles. The number of hydrogen-bond donors (Lipinski definition) is 2. The van der Waals surface area contributed by atoms with Gasteiger partial charge in [0.05, 0.1) is 5.69 Å². The summed E-state index contributed by atoms with van der Waals surface area (Å²) in [6.45, 7) is 5.23. The fourth-order valence-electron chi connectivity index (χ4n) is 2.77. The Hall–Kier alpha value is -2.14. The third kappa shape index (κ3) is 3.79. The van der Waals surface area contributed by atoms with E-state index in [1.807, 2.05) is 29.2 Å². The first-order valence-electron chi connectivity index (χ1n) is 7.79. The summed E-state index contributed by atoms with van der Waals surface area (Å²) < 4.78 is 0. The molecule has 0 aliphatic carbocycles. The summed E-state index contributed by atoms with van der Waals surface area (Å²) in [6, 6.07) is 16.0. The maximum atomic E-state index is 12.4. The number of piperazine rings is 1. The van der Waals surface area contributed by atoms with Crippen LogP contribution in [0.4, 0.5) is 16.2 Å². The number of urea groups is 1. The normalized spacial score (nSPS) is 14.7. The maximum absolute atomic E-state index is 12.4. The number of hydrogen-bond acceptors (Lipinski definition) is 3. The molecule has 1 aliphatic rings. The van der Waals surface area contributed by atoms with Crippen LogP contribution < -0.4 is 10.2 Å². The first-order chi connectivity index (χ1) is 11.1. The molecule has 23 heavy (non-hydrogen) atoms. The second kappa shape index (κ2) is 6.96. The first-order valence-corrected chi connectivity index (χ1v) is 8.24. The zero-order valence-corrected chi connectivity index (χ0v) is 14.1. The van der Waals surface area contributed by atoms with Crippen LogP contribution in [-0.2, 0) is 0 Å². The number of amides is 2. The number of carbonyl (C=O) groups excluding carboxylic acids is 1. The number of nitrogens with zero attached hydrogens (tertiary/aromatic N) is 2. The molecule has 0 unspecified atom stereocenters. The molecule has 5 heteroatoms. The first kappa shape index (κ1) is 15.7. The van der Waals surface area contributed by atoms with Crippen LogP contribution in [0.15, 0.2) is 53.4 Å². The molecule has 4 nitrogen and oxygen atoms in total. The SMILES string of the molecule is Cc1cccc(N2CCN(C(=O)Nc3ccccc3S)CC2)c1. The monoisotopic (exact) mass is 327 g/mol. The molecule has 2 amide bonds. The maximum Gasteiger partial charge on any atom is 0.321 e. The Morgan fingerprint density at radius 2 is 1.78 bits per heavy atom. The van der Waals surface area contributed by atoms with Crippen molar-refractivity contribution in [2.45, 2.75) is 11.8 Å². The quantitative estimate of drug-likeness (QED) is 0.826. The van der Waals surface area contributed by atoms with E-state index in [1.165, 1.54) is 11.3 Å². The Morgan fingerprint density at radius 1 is 1.04 bits per heavy atom. The van der Waals surface area contributed by atoms with Gasteiger partial charge in [-0.3, -0.25) is 0 Å². The number of rotatable bonds is 2. The zero-order chi connectivity index (χ0) is 16.2. The Labute approximate surface area is 142 Å². The van der Waals surface area contributed by atoms with Gasteiger partial charge in [0.25, 0.3) is 0 Å². The molecule has 1 fully saturated rings. The minimum Gasteiger partial charge on any atom is -0.368 e. The van der Waals surface area contributed by atoms with E-state index < -0.39 is 0 Å². The number of para-hydroxylation sites is 1. The highest BCUT2D eigenvalue weighted by atomic mass is 32.1. The van der Waals surface area contributed by atoms with Crippen LogP contribution in [0, 0.1) is 6.92 Å². The van der Waals surface area contributed by atoms with Crippen molar-refractivity contribution in [2.75, 3.05) is 36.4 Å². The largest absolute Gasteiger partial charge is 0.368 e. The minimum atomic E-state index is -0.0598. The van der Waals surface area contributed by atoms with Crippen molar-refractivity contribution in [3.05, 3.63) is 54.1 Å². The molecule has 1 saturated heterocycles. The number of benzene rings is 2. The lowest BCUT2D eigenvalue weighted by molar-refractivity contribution is 0.208. The van der Waals surface area contributed by atoms with Gasteiger partial charge in [-0.1, -0.05) is 24.3 Å². The van der Waals surface area contributed by atoms with Crippen molar-refractivity contribution in [3.63, 3.8) is 0 Å². The molecule has 1 aliphatic heterocycles. The lowest BCUT2D eigenvalue weighted by Crippen LogP contribution is -2.50. The molecule has 3 rings (SSSR count). The van der Waals surface area contributed by atoms with Crippen LogP contribution in [0.5, 0.6) is 0 Å². The van der Waals surface area contributed by atoms with Crippen molar-refractivity contribution in [3.8, 4) is 0 Å². The van der Waals surface area contributed by atoms with Crippen LogP contribution in [-0.4, -0.2) is 37.1 Å². The van der Waals surface area contributed by atoms with Crippen LogP contribution in [0.1, 0.15) is 5.56 Å². The summed E-state index contributed by atoms with van der Waals surface area (Å²) in [6.07, 6.45) is 0. The van der Waals surface area contributed by atoms with Crippen molar-refractivity contribution in [2.24, 2.45) is 0 Å². The van der Waals surface area contributed by atoms with Crippen LogP contribution in [0.25, 0.3) is 0 Å². The summed E-state index contributed by atoms with van der Waals surface area (Å²) >= 11 is 4.37. The van der Waals surface area contributed by atoms with Crippen LogP contribution in [0.2, 0.25) is 0 Å². The lowest BCUT2D eigenvalue weighted by Gasteiger charge is -2.36.